The maximum Gasteiger partial charge on any atom is 0.331 e. The predicted molar refractivity (Wildman–Crippen MR) is 141 cm³/mol. The van der Waals surface area contributed by atoms with Crippen molar-refractivity contribution in [2.75, 3.05) is 45.4 Å². The molecule has 0 aromatic heterocycles. The predicted octanol–water partition coefficient (Wildman–Crippen LogP) is 3.74. The number of benzene rings is 1. The minimum absolute atomic E-state index is 0.00479. The van der Waals surface area contributed by atoms with E-state index >= 15 is 0 Å². The van der Waals surface area contributed by atoms with Crippen LogP contribution in [0.25, 0.3) is 6.08 Å². The van der Waals surface area contributed by atoms with Gasteiger partial charge < -0.3 is 34.1 Å². The maximum atomic E-state index is 12.8. The highest BCUT2D eigenvalue weighted by Gasteiger charge is 2.72. The van der Waals surface area contributed by atoms with Crippen LogP contribution in [0.1, 0.15) is 45.6 Å². The third kappa shape index (κ3) is 6.81. The quantitative estimate of drug-likeness (QED) is 0.135. The molecule has 2 aliphatic heterocycles. The summed E-state index contributed by atoms with van der Waals surface area (Å²) in [5.41, 5.74) is 2.53. The van der Waals surface area contributed by atoms with Gasteiger partial charge >= 0.3 is 5.97 Å². The number of epoxide rings is 2. The molecule has 1 aromatic carbocycles. The highest BCUT2D eigenvalue weighted by molar-refractivity contribution is 5.87. The van der Waals surface area contributed by atoms with Crippen LogP contribution in [0.4, 0.5) is 5.69 Å². The lowest BCUT2D eigenvalue weighted by Crippen LogP contribution is -2.55. The molecule has 1 saturated carbocycles. The van der Waals surface area contributed by atoms with E-state index in [4.69, 9.17) is 28.8 Å². The van der Waals surface area contributed by atoms with Crippen molar-refractivity contribution in [3.05, 3.63) is 47.6 Å². The molecule has 8 heteroatoms. The number of hydrogen-bond acceptors (Lipinski definition) is 8. The van der Waals surface area contributed by atoms with Gasteiger partial charge in [0.25, 0.3) is 0 Å². The summed E-state index contributed by atoms with van der Waals surface area (Å²) < 4.78 is 29.3. The van der Waals surface area contributed by atoms with Gasteiger partial charge in [-0.15, -0.1) is 0 Å². The van der Waals surface area contributed by atoms with Crippen molar-refractivity contribution in [3.8, 4) is 0 Å². The van der Waals surface area contributed by atoms with Crippen LogP contribution in [-0.2, 0) is 28.5 Å². The number of esters is 1. The van der Waals surface area contributed by atoms with Crippen molar-refractivity contribution in [2.45, 2.75) is 69.5 Å². The highest BCUT2D eigenvalue weighted by Crippen LogP contribution is 2.59. The molecule has 204 valence electrons. The van der Waals surface area contributed by atoms with E-state index in [1.54, 1.807) is 13.2 Å². The van der Waals surface area contributed by atoms with E-state index in [9.17, 15) is 4.79 Å². The molecule has 2 heterocycles. The third-order valence-corrected chi connectivity index (χ3v) is 7.64. The summed E-state index contributed by atoms with van der Waals surface area (Å²) in [7, 11) is 1.68. The number of carbonyl (C=O) groups excluding carboxylic acids is 1. The average Bonchev–Trinajstić information content (AvgIpc) is 3.80. The number of aliphatic hydroxyl groups is 1. The molecule has 37 heavy (non-hydrogen) atoms. The summed E-state index contributed by atoms with van der Waals surface area (Å²) in [6.45, 7) is 8.56. The average molecular weight is 516 g/mol. The summed E-state index contributed by atoms with van der Waals surface area (Å²) in [4.78, 5) is 12.8. The second kappa shape index (κ2) is 12.1. The van der Waals surface area contributed by atoms with E-state index < -0.39 is 0 Å². The topological polar surface area (TPSA) is 102 Å². The highest BCUT2D eigenvalue weighted by atomic mass is 16.6. The minimum atomic E-state index is -0.385. The van der Waals surface area contributed by atoms with Gasteiger partial charge in [0.1, 0.15) is 23.4 Å². The summed E-state index contributed by atoms with van der Waals surface area (Å²) in [5.74, 6) is -0.380. The largest absolute Gasteiger partial charge is 0.456 e. The zero-order valence-electron chi connectivity index (χ0n) is 22.4. The van der Waals surface area contributed by atoms with Crippen LogP contribution in [0.5, 0.6) is 0 Å². The molecule has 3 aliphatic rings. The molecule has 1 spiro atoms. The first-order chi connectivity index (χ1) is 17.8. The Morgan fingerprint density at radius 1 is 1.24 bits per heavy atom. The number of carbonyl (C=O) groups is 1. The molecule has 3 fully saturated rings. The molecular formula is C29H41NO7. The Labute approximate surface area is 220 Å². The van der Waals surface area contributed by atoms with Crippen molar-refractivity contribution >= 4 is 17.7 Å². The lowest BCUT2D eigenvalue weighted by Gasteiger charge is -2.42. The zero-order chi connectivity index (χ0) is 26.5. The summed E-state index contributed by atoms with van der Waals surface area (Å²) in [6.07, 6.45) is 7.29. The van der Waals surface area contributed by atoms with Crippen LogP contribution >= 0.6 is 0 Å². The molecule has 4 rings (SSSR count). The van der Waals surface area contributed by atoms with Gasteiger partial charge in [0.2, 0.25) is 0 Å². The van der Waals surface area contributed by atoms with Crippen molar-refractivity contribution in [1.29, 1.82) is 0 Å². The number of anilines is 1. The third-order valence-electron chi connectivity index (χ3n) is 7.64. The van der Waals surface area contributed by atoms with Crippen LogP contribution < -0.4 is 5.32 Å². The van der Waals surface area contributed by atoms with Crippen molar-refractivity contribution in [1.82, 2.24) is 0 Å². The van der Waals surface area contributed by atoms with Crippen LogP contribution in [0.15, 0.2) is 42.0 Å². The lowest BCUT2D eigenvalue weighted by molar-refractivity contribution is -0.166. The fourth-order valence-corrected chi connectivity index (χ4v) is 5.57. The fourth-order valence-electron chi connectivity index (χ4n) is 5.57. The number of rotatable bonds is 13. The number of allylic oxidation sites excluding steroid dienone is 1. The van der Waals surface area contributed by atoms with E-state index in [-0.39, 0.29) is 48.0 Å². The molecule has 6 atom stereocenters. The Hall–Kier alpha value is -2.23. The minimum Gasteiger partial charge on any atom is -0.456 e. The SMILES string of the molecule is CO[C@@H]1[C@H](OC(=O)/C=C/c2ccc(NCCOCCO)cc2)CC[C@]2(CO2)[C@H]1[C@@]1(C)O[C@@H]1CC=C(C)C. The van der Waals surface area contributed by atoms with Crippen LogP contribution in [0.3, 0.4) is 0 Å². The van der Waals surface area contributed by atoms with E-state index in [0.717, 1.165) is 24.1 Å². The van der Waals surface area contributed by atoms with E-state index in [1.165, 1.54) is 11.6 Å². The summed E-state index contributed by atoms with van der Waals surface area (Å²) >= 11 is 0. The van der Waals surface area contributed by atoms with Gasteiger partial charge in [-0.1, -0.05) is 23.8 Å². The summed E-state index contributed by atoms with van der Waals surface area (Å²) in [6, 6.07) is 7.75. The van der Waals surface area contributed by atoms with Crippen LogP contribution in [-0.4, -0.2) is 80.7 Å². The Morgan fingerprint density at radius 2 is 2.00 bits per heavy atom. The van der Waals surface area contributed by atoms with Gasteiger partial charge in [-0.3, -0.25) is 0 Å². The molecule has 2 saturated heterocycles. The standard InChI is InChI=1S/C29H41NO7/c1-20(2)5-11-24-28(3,37-24)27-26(33-4)23(13-14-29(27)19-35-29)36-25(32)12-8-21-6-9-22(10-7-21)30-15-17-34-18-16-31/h5-10,12,23-24,26-27,30-31H,11,13-19H2,1-4H3/b12-8+/t23-,24-,26-,27-,28+,29+/m1/s1. The Kier molecular flexibility index (Phi) is 9.08. The second-order valence-electron chi connectivity index (χ2n) is 10.6. The molecule has 1 aromatic rings. The molecule has 2 N–H and O–H groups in total. The van der Waals surface area contributed by atoms with Gasteiger partial charge in [-0.2, -0.15) is 0 Å². The number of hydrogen-bond donors (Lipinski definition) is 2. The summed E-state index contributed by atoms with van der Waals surface area (Å²) in [5, 5.41) is 12.0. The Morgan fingerprint density at radius 3 is 2.65 bits per heavy atom. The molecule has 0 unspecified atom stereocenters. The van der Waals surface area contributed by atoms with Gasteiger partial charge in [0, 0.05) is 25.4 Å². The lowest BCUT2D eigenvalue weighted by atomic mass is 9.68. The maximum absolute atomic E-state index is 12.8. The van der Waals surface area contributed by atoms with Crippen LogP contribution in [0.2, 0.25) is 0 Å². The normalized spacial score (nSPS) is 32.4. The fraction of sp³-hybridized carbons (Fsp3) is 0.621. The second-order valence-corrected chi connectivity index (χ2v) is 10.6. The molecular weight excluding hydrogens is 474 g/mol. The molecule has 0 radical (unpaired) electrons. The van der Waals surface area contributed by atoms with E-state index in [0.29, 0.717) is 32.8 Å². The van der Waals surface area contributed by atoms with Crippen molar-refractivity contribution in [3.63, 3.8) is 0 Å². The Bertz CT molecular complexity index is 967. The van der Waals surface area contributed by atoms with Gasteiger partial charge in [-0.05, 0) is 63.8 Å². The molecule has 8 nitrogen and oxygen atoms in total. The molecule has 1 aliphatic carbocycles. The smallest absolute Gasteiger partial charge is 0.331 e. The zero-order valence-corrected chi connectivity index (χ0v) is 22.4. The molecule has 0 bridgehead atoms. The van der Waals surface area contributed by atoms with Gasteiger partial charge in [0.05, 0.1) is 38.4 Å². The molecule has 0 amide bonds. The van der Waals surface area contributed by atoms with Crippen LogP contribution in [0, 0.1) is 5.92 Å². The first kappa shape index (κ1) is 27.8. The Balaban J connectivity index is 1.32. The monoisotopic (exact) mass is 515 g/mol. The van der Waals surface area contributed by atoms with Crippen molar-refractivity contribution < 1.29 is 33.6 Å². The first-order valence-electron chi connectivity index (χ1n) is 13.2. The van der Waals surface area contributed by atoms with E-state index in [1.807, 2.05) is 24.3 Å². The van der Waals surface area contributed by atoms with Crippen molar-refractivity contribution in [2.24, 2.45) is 5.92 Å². The van der Waals surface area contributed by atoms with E-state index in [2.05, 4.69) is 32.2 Å². The first-order valence-corrected chi connectivity index (χ1v) is 13.2. The van der Waals surface area contributed by atoms with Gasteiger partial charge in [-0.25, -0.2) is 4.79 Å². The number of ether oxygens (including phenoxy) is 5. The number of nitrogens with one attached hydrogen (secondary N) is 1. The number of methoxy groups -OCH3 is 1. The number of aliphatic hydroxyl groups excluding tert-OH is 1. The van der Waals surface area contributed by atoms with Gasteiger partial charge in [0.15, 0.2) is 0 Å².